The van der Waals surface area contributed by atoms with Crippen molar-refractivity contribution >= 4 is 33.2 Å². The number of methoxy groups -OCH3 is 1. The maximum Gasteiger partial charge on any atom is 0.262 e. The number of aryl methyl sites for hydroxylation is 1. The molecule has 3 rings (SSSR count). The molecular formula is C20H23ClN2O4S. The predicted octanol–water partition coefficient (Wildman–Crippen LogP) is 4.26. The van der Waals surface area contributed by atoms with Gasteiger partial charge < -0.3 is 9.47 Å². The molecule has 8 heteroatoms. The quantitative estimate of drug-likeness (QED) is 0.754. The highest BCUT2D eigenvalue weighted by atomic mass is 35.5. The Morgan fingerprint density at radius 1 is 1.29 bits per heavy atom. The van der Waals surface area contributed by atoms with Gasteiger partial charge in [-0.1, -0.05) is 31.5 Å². The molecule has 6 nitrogen and oxygen atoms in total. The van der Waals surface area contributed by atoms with Crippen LogP contribution in [0.3, 0.4) is 0 Å². The van der Waals surface area contributed by atoms with Crippen molar-refractivity contribution in [1.29, 1.82) is 0 Å². The highest BCUT2D eigenvalue weighted by Gasteiger charge is 2.27. The van der Waals surface area contributed by atoms with Gasteiger partial charge in [-0.15, -0.1) is 0 Å². The normalized spacial score (nSPS) is 16.6. The average Bonchev–Trinajstić information content (AvgIpc) is 3.11. The van der Waals surface area contributed by atoms with E-state index in [2.05, 4.69) is 23.6 Å². The van der Waals surface area contributed by atoms with Crippen LogP contribution in [0.25, 0.3) is 0 Å². The molecule has 1 aliphatic rings. The third kappa shape index (κ3) is 4.25. The molecule has 150 valence electrons. The number of hydrogen-bond acceptors (Lipinski definition) is 5. The standard InChI is InChI=1S/C20H23ClN2O4S/c1-12(2)17-11-27-20(22-17)16-6-5-7-18(26-4)19(16)23-28(24,25)15-9-13(3)8-14(21)10-15/h5-10,12,17,23H,11H2,1-4H3/t17-/m1/s1. The Morgan fingerprint density at radius 2 is 2.04 bits per heavy atom. The molecule has 0 saturated carbocycles. The van der Waals surface area contributed by atoms with E-state index in [9.17, 15) is 8.42 Å². The maximum atomic E-state index is 13.0. The summed E-state index contributed by atoms with van der Waals surface area (Å²) >= 11 is 6.04. The molecule has 28 heavy (non-hydrogen) atoms. The maximum absolute atomic E-state index is 13.0. The number of sulfonamides is 1. The van der Waals surface area contributed by atoms with Crippen LogP contribution >= 0.6 is 11.6 Å². The number of ether oxygens (including phenoxy) is 2. The molecule has 0 fully saturated rings. The smallest absolute Gasteiger partial charge is 0.262 e. The van der Waals surface area contributed by atoms with E-state index in [1.807, 2.05) is 0 Å². The van der Waals surface area contributed by atoms with E-state index in [0.717, 1.165) is 5.56 Å². The summed E-state index contributed by atoms with van der Waals surface area (Å²) in [6.07, 6.45) is 0. The van der Waals surface area contributed by atoms with Crippen molar-refractivity contribution in [3.63, 3.8) is 0 Å². The molecule has 1 atom stereocenters. The number of halogens is 1. The molecule has 1 aliphatic heterocycles. The van der Waals surface area contributed by atoms with Crippen molar-refractivity contribution in [2.75, 3.05) is 18.4 Å². The van der Waals surface area contributed by atoms with Crippen LogP contribution in [0.4, 0.5) is 5.69 Å². The van der Waals surface area contributed by atoms with Gasteiger partial charge in [0.15, 0.2) is 0 Å². The number of nitrogens with zero attached hydrogens (tertiary/aromatic N) is 1. The number of hydrogen-bond donors (Lipinski definition) is 1. The first-order valence-corrected chi connectivity index (χ1v) is 10.8. The lowest BCUT2D eigenvalue weighted by atomic mass is 10.1. The minimum Gasteiger partial charge on any atom is -0.495 e. The highest BCUT2D eigenvalue weighted by molar-refractivity contribution is 7.92. The van der Waals surface area contributed by atoms with Crippen LogP contribution in [0, 0.1) is 12.8 Å². The SMILES string of the molecule is COc1cccc(C2=N[C@@H](C(C)C)CO2)c1NS(=O)(=O)c1cc(C)cc(Cl)c1. The number of benzene rings is 2. The molecule has 0 saturated heterocycles. The fraction of sp³-hybridized carbons (Fsp3) is 0.350. The average molecular weight is 423 g/mol. The van der Waals surface area contributed by atoms with E-state index >= 15 is 0 Å². The van der Waals surface area contributed by atoms with Gasteiger partial charge in [0.2, 0.25) is 5.90 Å². The van der Waals surface area contributed by atoms with E-state index in [1.54, 1.807) is 37.3 Å². The zero-order chi connectivity index (χ0) is 20.5. The summed E-state index contributed by atoms with van der Waals surface area (Å²) in [6, 6.07) is 9.89. The first kappa shape index (κ1) is 20.5. The first-order chi connectivity index (χ1) is 13.2. The summed E-state index contributed by atoms with van der Waals surface area (Å²) in [6.45, 7) is 6.38. The van der Waals surface area contributed by atoms with Crippen LogP contribution in [0.2, 0.25) is 5.02 Å². The lowest BCUT2D eigenvalue weighted by Crippen LogP contribution is -2.17. The van der Waals surface area contributed by atoms with E-state index in [0.29, 0.717) is 34.8 Å². The van der Waals surface area contributed by atoms with E-state index < -0.39 is 10.0 Å². The fourth-order valence-electron chi connectivity index (χ4n) is 2.91. The molecule has 1 heterocycles. The van der Waals surface area contributed by atoms with Crippen LogP contribution in [0.5, 0.6) is 5.75 Å². The largest absolute Gasteiger partial charge is 0.495 e. The summed E-state index contributed by atoms with van der Waals surface area (Å²) in [4.78, 5) is 4.68. The molecule has 0 spiro atoms. The predicted molar refractivity (Wildman–Crippen MR) is 111 cm³/mol. The van der Waals surface area contributed by atoms with Gasteiger partial charge in [-0.2, -0.15) is 0 Å². The second kappa shape index (κ2) is 8.01. The van der Waals surface area contributed by atoms with Crippen LogP contribution in [0.1, 0.15) is 25.0 Å². The Hall–Kier alpha value is -2.25. The van der Waals surface area contributed by atoms with Gasteiger partial charge in [0.05, 0.1) is 23.6 Å². The Balaban J connectivity index is 2.05. The van der Waals surface area contributed by atoms with E-state index in [1.165, 1.54) is 13.2 Å². The van der Waals surface area contributed by atoms with Crippen LogP contribution < -0.4 is 9.46 Å². The van der Waals surface area contributed by atoms with E-state index in [4.69, 9.17) is 21.1 Å². The van der Waals surface area contributed by atoms with Gasteiger partial charge in [0.25, 0.3) is 10.0 Å². The second-order valence-corrected chi connectivity index (χ2v) is 9.13. The highest BCUT2D eigenvalue weighted by Crippen LogP contribution is 2.33. The van der Waals surface area contributed by atoms with Gasteiger partial charge in [-0.05, 0) is 48.7 Å². The molecule has 0 aliphatic carbocycles. The molecule has 2 aromatic carbocycles. The molecule has 0 radical (unpaired) electrons. The molecule has 0 unspecified atom stereocenters. The third-order valence-electron chi connectivity index (χ3n) is 4.48. The van der Waals surface area contributed by atoms with Gasteiger partial charge in [0.1, 0.15) is 18.0 Å². The number of para-hydroxylation sites is 1. The summed E-state index contributed by atoms with van der Waals surface area (Å²) < 4.78 is 39.8. The lowest BCUT2D eigenvalue weighted by molar-refractivity contribution is 0.292. The molecular weight excluding hydrogens is 400 g/mol. The monoisotopic (exact) mass is 422 g/mol. The number of nitrogens with one attached hydrogen (secondary N) is 1. The Kier molecular flexibility index (Phi) is 5.86. The molecule has 0 bridgehead atoms. The second-order valence-electron chi connectivity index (χ2n) is 7.01. The summed E-state index contributed by atoms with van der Waals surface area (Å²) in [7, 11) is -2.42. The summed E-state index contributed by atoms with van der Waals surface area (Å²) in [5, 5.41) is 0.351. The van der Waals surface area contributed by atoms with Gasteiger partial charge >= 0.3 is 0 Å². The van der Waals surface area contributed by atoms with Crippen molar-refractivity contribution in [1.82, 2.24) is 0 Å². The molecule has 2 aromatic rings. The van der Waals surface area contributed by atoms with Crippen LogP contribution in [-0.4, -0.2) is 34.1 Å². The van der Waals surface area contributed by atoms with Crippen molar-refractivity contribution < 1.29 is 17.9 Å². The van der Waals surface area contributed by atoms with Crippen molar-refractivity contribution in [2.45, 2.75) is 31.7 Å². The van der Waals surface area contributed by atoms with Gasteiger partial charge in [-0.3, -0.25) is 4.72 Å². The number of rotatable bonds is 6. The van der Waals surface area contributed by atoms with Gasteiger partial charge in [-0.25, -0.2) is 13.4 Å². The Bertz CT molecular complexity index is 999. The Labute approximate surface area is 170 Å². The first-order valence-electron chi connectivity index (χ1n) is 8.89. The number of anilines is 1. The lowest BCUT2D eigenvalue weighted by Gasteiger charge is -2.16. The molecule has 0 aromatic heterocycles. The zero-order valence-corrected chi connectivity index (χ0v) is 17.8. The van der Waals surface area contributed by atoms with E-state index in [-0.39, 0.29) is 16.6 Å². The minimum atomic E-state index is -3.90. The zero-order valence-electron chi connectivity index (χ0n) is 16.2. The minimum absolute atomic E-state index is 0.0289. The third-order valence-corrected chi connectivity index (χ3v) is 6.03. The van der Waals surface area contributed by atoms with Crippen LogP contribution in [0.15, 0.2) is 46.3 Å². The topological polar surface area (TPSA) is 77.0 Å². The summed E-state index contributed by atoms with van der Waals surface area (Å²) in [5.41, 5.74) is 1.56. The number of aliphatic imine (C=N–C) groups is 1. The Morgan fingerprint density at radius 3 is 2.64 bits per heavy atom. The molecule has 0 amide bonds. The van der Waals surface area contributed by atoms with Crippen molar-refractivity contribution in [2.24, 2.45) is 10.9 Å². The fourth-order valence-corrected chi connectivity index (χ4v) is 4.49. The van der Waals surface area contributed by atoms with Crippen molar-refractivity contribution in [3.05, 3.63) is 52.5 Å². The van der Waals surface area contributed by atoms with Gasteiger partial charge in [0, 0.05) is 5.02 Å². The van der Waals surface area contributed by atoms with Crippen molar-refractivity contribution in [3.8, 4) is 5.75 Å². The molecule has 1 N–H and O–H groups in total. The van der Waals surface area contributed by atoms with Crippen LogP contribution in [-0.2, 0) is 14.8 Å². The summed E-state index contributed by atoms with van der Waals surface area (Å²) in [5.74, 6) is 1.09.